The zero-order chi connectivity index (χ0) is 37.4. The number of ether oxygens (including phenoxy) is 2. The highest BCUT2D eigenvalue weighted by Crippen LogP contribution is 2.32. The number of esters is 1. The van der Waals surface area contributed by atoms with Crippen LogP contribution in [0.25, 0.3) is 0 Å². The van der Waals surface area contributed by atoms with Crippen LogP contribution >= 0.6 is 0 Å². The molecule has 0 fully saturated rings. The Labute approximate surface area is 296 Å². The Morgan fingerprint density at radius 2 is 1.20 bits per heavy atom. The molecule has 10 nitrogen and oxygen atoms in total. The van der Waals surface area contributed by atoms with E-state index in [0.29, 0.717) is 11.1 Å². The van der Waals surface area contributed by atoms with Crippen molar-refractivity contribution in [1.29, 1.82) is 0 Å². The van der Waals surface area contributed by atoms with Crippen LogP contribution in [0, 0.1) is 6.92 Å². The summed E-state index contributed by atoms with van der Waals surface area (Å²) in [6.45, 7) is 17.7. The van der Waals surface area contributed by atoms with Crippen molar-refractivity contribution in [2.24, 2.45) is 0 Å². The molecule has 0 aromatic heterocycles. The summed E-state index contributed by atoms with van der Waals surface area (Å²) in [6.07, 6.45) is -0.593. The number of phenolic OH excluding ortho intramolecular Hbond substituents is 1. The van der Waals surface area contributed by atoms with Crippen LogP contribution < -0.4 is 10.6 Å². The minimum absolute atomic E-state index is 0.0432. The van der Waals surface area contributed by atoms with E-state index in [0.717, 1.165) is 11.1 Å². The highest BCUT2D eigenvalue weighted by atomic mass is 16.6. The first-order valence-corrected chi connectivity index (χ1v) is 16.9. The number of hydrogen-bond donors (Lipinski definition) is 3. The lowest BCUT2D eigenvalue weighted by Gasteiger charge is -2.43. The lowest BCUT2D eigenvalue weighted by Crippen LogP contribution is -2.60. The molecule has 270 valence electrons. The summed E-state index contributed by atoms with van der Waals surface area (Å²) < 4.78 is 11.3. The maximum Gasteiger partial charge on any atom is 0.408 e. The van der Waals surface area contributed by atoms with E-state index < -0.39 is 58.7 Å². The normalized spacial score (nSPS) is 13.7. The van der Waals surface area contributed by atoms with Crippen LogP contribution in [0.2, 0.25) is 0 Å². The van der Waals surface area contributed by atoms with Crippen LogP contribution in [0.15, 0.2) is 78.9 Å². The second kappa shape index (κ2) is 16.2. The molecule has 0 heterocycles. The van der Waals surface area contributed by atoms with Gasteiger partial charge in [0.1, 0.15) is 35.1 Å². The number of nitrogens with one attached hydrogen (secondary N) is 2. The van der Waals surface area contributed by atoms with Crippen LogP contribution in [0.4, 0.5) is 4.79 Å². The van der Waals surface area contributed by atoms with Crippen LogP contribution in [0.1, 0.15) is 90.6 Å². The molecule has 3 aromatic carbocycles. The van der Waals surface area contributed by atoms with Gasteiger partial charge in [-0.15, -0.1) is 0 Å². The number of hydrogen-bond acceptors (Lipinski definition) is 7. The minimum Gasteiger partial charge on any atom is -0.508 e. The topological polar surface area (TPSA) is 134 Å². The maximum atomic E-state index is 14.9. The number of alkyl carbamates (subject to hydrolysis) is 1. The van der Waals surface area contributed by atoms with Crippen LogP contribution in [-0.4, -0.2) is 62.7 Å². The van der Waals surface area contributed by atoms with E-state index in [-0.39, 0.29) is 18.6 Å². The number of amides is 3. The van der Waals surface area contributed by atoms with Gasteiger partial charge in [0.05, 0.1) is 0 Å². The van der Waals surface area contributed by atoms with Crippen molar-refractivity contribution in [2.75, 3.05) is 0 Å². The van der Waals surface area contributed by atoms with Gasteiger partial charge in [-0.25, -0.2) is 9.59 Å². The van der Waals surface area contributed by atoms with Crippen LogP contribution in [-0.2, 0) is 36.7 Å². The molecular formula is C40H53N3O7. The number of rotatable bonds is 11. The monoisotopic (exact) mass is 687 g/mol. The van der Waals surface area contributed by atoms with E-state index in [2.05, 4.69) is 10.6 Å². The lowest BCUT2D eigenvalue weighted by molar-refractivity contribution is -0.159. The van der Waals surface area contributed by atoms with Gasteiger partial charge in [-0.3, -0.25) is 9.59 Å². The standard InChI is InChI=1S/C40H53N3O7/c1-26-16-14-15-19-30(26)33(34(45)41-32(36(47)49-39(5,6)7)25-27-17-12-11-13-18-27)43(38(2,3)4)35(46)31(42-37(48)50-40(8,9)10)24-28-20-22-29(44)23-21-28/h11-23,31-33,44H,24-25H2,1-10H3,(H,41,45)(H,42,48). The molecule has 0 saturated carbocycles. The predicted octanol–water partition coefficient (Wildman–Crippen LogP) is 6.57. The van der Waals surface area contributed by atoms with Crippen molar-refractivity contribution in [3.05, 3.63) is 101 Å². The SMILES string of the molecule is Cc1ccccc1C(C(=O)NC(Cc1ccccc1)C(=O)OC(C)(C)C)N(C(=O)C(Cc1ccc(O)cc1)NC(=O)OC(C)(C)C)C(C)(C)C. The summed E-state index contributed by atoms with van der Waals surface area (Å²) in [6, 6.07) is 19.4. The molecule has 3 unspecified atom stereocenters. The van der Waals surface area contributed by atoms with Gasteiger partial charge in [-0.05, 0) is 104 Å². The molecule has 50 heavy (non-hydrogen) atoms. The van der Waals surface area contributed by atoms with Crippen LogP contribution in [0.3, 0.4) is 0 Å². The number of nitrogens with zero attached hydrogens (tertiary/aromatic N) is 1. The van der Waals surface area contributed by atoms with Crippen molar-refractivity contribution >= 4 is 23.9 Å². The number of aromatic hydroxyl groups is 1. The summed E-state index contributed by atoms with van der Waals surface area (Å²) in [5.41, 5.74) is 0.169. The molecule has 0 saturated heterocycles. The first kappa shape index (κ1) is 39.6. The highest BCUT2D eigenvalue weighted by Gasteiger charge is 2.43. The fourth-order valence-corrected chi connectivity index (χ4v) is 5.49. The zero-order valence-electron chi connectivity index (χ0n) is 31.0. The van der Waals surface area contributed by atoms with Gasteiger partial charge < -0.3 is 30.1 Å². The van der Waals surface area contributed by atoms with Crippen molar-refractivity contribution in [1.82, 2.24) is 15.5 Å². The van der Waals surface area contributed by atoms with Gasteiger partial charge in [-0.2, -0.15) is 0 Å². The zero-order valence-corrected chi connectivity index (χ0v) is 31.0. The van der Waals surface area contributed by atoms with Gasteiger partial charge in [0.15, 0.2) is 0 Å². The molecule has 3 aromatic rings. The molecule has 0 aliphatic carbocycles. The van der Waals surface area contributed by atoms with E-state index in [1.807, 2.05) is 70.2 Å². The highest BCUT2D eigenvalue weighted by molar-refractivity contribution is 5.94. The van der Waals surface area contributed by atoms with Crippen molar-refractivity contribution in [2.45, 2.75) is 117 Å². The van der Waals surface area contributed by atoms with Gasteiger partial charge in [0.2, 0.25) is 11.8 Å². The van der Waals surface area contributed by atoms with Crippen molar-refractivity contribution < 1.29 is 33.8 Å². The summed E-state index contributed by atoms with van der Waals surface area (Å²) in [4.78, 5) is 57.9. The first-order chi connectivity index (χ1) is 23.1. The number of benzene rings is 3. The Morgan fingerprint density at radius 3 is 1.74 bits per heavy atom. The van der Waals surface area contributed by atoms with E-state index in [1.165, 1.54) is 17.0 Å². The third-order valence-electron chi connectivity index (χ3n) is 7.61. The first-order valence-electron chi connectivity index (χ1n) is 16.9. The molecular weight excluding hydrogens is 634 g/mol. The third kappa shape index (κ3) is 11.9. The molecule has 0 spiro atoms. The summed E-state index contributed by atoms with van der Waals surface area (Å²) in [5, 5.41) is 15.6. The quantitative estimate of drug-likeness (QED) is 0.194. The molecule has 3 rings (SSSR count). The van der Waals surface area contributed by atoms with Gasteiger partial charge in [0, 0.05) is 18.4 Å². The molecule has 3 atom stereocenters. The molecule has 0 aliphatic heterocycles. The minimum atomic E-state index is -1.22. The largest absolute Gasteiger partial charge is 0.508 e. The number of aryl methyl sites for hydroxylation is 1. The predicted molar refractivity (Wildman–Crippen MR) is 193 cm³/mol. The number of phenols is 1. The smallest absolute Gasteiger partial charge is 0.408 e. The lowest BCUT2D eigenvalue weighted by atomic mass is 9.91. The molecule has 3 amide bonds. The van der Waals surface area contributed by atoms with E-state index >= 15 is 0 Å². The average molecular weight is 688 g/mol. The second-order valence-corrected chi connectivity index (χ2v) is 15.5. The molecule has 0 radical (unpaired) electrons. The van der Waals surface area contributed by atoms with E-state index in [4.69, 9.17) is 9.47 Å². The molecule has 10 heteroatoms. The number of carbonyl (C=O) groups excluding carboxylic acids is 4. The summed E-state index contributed by atoms with van der Waals surface area (Å²) in [7, 11) is 0. The Kier molecular flexibility index (Phi) is 12.8. The van der Waals surface area contributed by atoms with Gasteiger partial charge >= 0.3 is 12.1 Å². The van der Waals surface area contributed by atoms with E-state index in [9.17, 15) is 24.3 Å². The molecule has 0 bridgehead atoms. The number of carbonyl (C=O) groups is 4. The second-order valence-electron chi connectivity index (χ2n) is 15.5. The summed E-state index contributed by atoms with van der Waals surface area (Å²) in [5.74, 6) is -1.69. The van der Waals surface area contributed by atoms with E-state index in [1.54, 1.807) is 65.8 Å². The summed E-state index contributed by atoms with van der Waals surface area (Å²) >= 11 is 0. The Hall–Kier alpha value is -4.86. The Bertz CT molecular complexity index is 1620. The molecule has 0 aliphatic rings. The average Bonchev–Trinajstić information content (AvgIpc) is 2.98. The van der Waals surface area contributed by atoms with Gasteiger partial charge in [-0.1, -0.05) is 66.7 Å². The maximum absolute atomic E-state index is 14.9. The van der Waals surface area contributed by atoms with Crippen LogP contribution in [0.5, 0.6) is 5.75 Å². The fourth-order valence-electron chi connectivity index (χ4n) is 5.49. The van der Waals surface area contributed by atoms with Crippen molar-refractivity contribution in [3.8, 4) is 5.75 Å². The van der Waals surface area contributed by atoms with Crippen molar-refractivity contribution in [3.63, 3.8) is 0 Å². The fraction of sp³-hybridized carbons (Fsp3) is 0.450. The molecule has 3 N–H and O–H groups in total. The van der Waals surface area contributed by atoms with Gasteiger partial charge in [0.25, 0.3) is 0 Å². The third-order valence-corrected chi connectivity index (χ3v) is 7.61. The Morgan fingerprint density at radius 1 is 0.680 bits per heavy atom. The Balaban J connectivity index is 2.15.